The molecule has 1 unspecified atom stereocenters. The molecule has 3 aromatic rings. The molecule has 2 aromatic carbocycles. The van der Waals surface area contributed by atoms with Crippen molar-refractivity contribution in [1.29, 1.82) is 0 Å². The van der Waals surface area contributed by atoms with Gasteiger partial charge in [-0.2, -0.15) is 0 Å². The maximum atomic E-state index is 12.1. The van der Waals surface area contributed by atoms with Gasteiger partial charge in [0.25, 0.3) is 0 Å². The molecular formula is C21H23N3O3S. The van der Waals surface area contributed by atoms with Crippen LogP contribution in [0.1, 0.15) is 20.3 Å². The number of hydrogen-bond donors (Lipinski definition) is 0. The quantitative estimate of drug-likeness (QED) is 0.525. The Hall–Kier alpha value is -2.80. The lowest BCUT2D eigenvalue weighted by atomic mass is 10.2. The fraction of sp³-hybridized carbons (Fsp3) is 0.286. The highest BCUT2D eigenvalue weighted by atomic mass is 32.2. The van der Waals surface area contributed by atoms with Crippen LogP contribution in [0.15, 0.2) is 53.7 Å². The summed E-state index contributed by atoms with van der Waals surface area (Å²) in [6.07, 6.45) is 0.494. The number of hydrogen-bond acceptors (Lipinski definition) is 6. The molecule has 0 saturated heterocycles. The summed E-state index contributed by atoms with van der Waals surface area (Å²) in [6, 6.07) is 15.3. The molecule has 0 saturated carbocycles. The number of Topliss-reactive ketones (excluding diaryl/α,β-unsaturated/α-hetero) is 1. The zero-order valence-electron chi connectivity index (χ0n) is 16.4. The zero-order chi connectivity index (χ0) is 20.1. The molecule has 0 spiro atoms. The maximum Gasteiger partial charge on any atom is 0.196 e. The third-order valence-electron chi connectivity index (χ3n) is 4.38. The fourth-order valence-corrected chi connectivity index (χ4v) is 3.77. The second kappa shape index (κ2) is 8.93. The summed E-state index contributed by atoms with van der Waals surface area (Å²) < 4.78 is 12.6. The molecule has 1 aromatic heterocycles. The van der Waals surface area contributed by atoms with E-state index in [1.165, 1.54) is 11.8 Å². The molecule has 0 aliphatic heterocycles. The molecule has 0 N–H and O–H groups in total. The predicted molar refractivity (Wildman–Crippen MR) is 111 cm³/mol. The summed E-state index contributed by atoms with van der Waals surface area (Å²) in [5, 5.41) is 9.25. The van der Waals surface area contributed by atoms with Crippen LogP contribution in [0.5, 0.6) is 11.5 Å². The van der Waals surface area contributed by atoms with Gasteiger partial charge in [-0.1, -0.05) is 30.8 Å². The summed E-state index contributed by atoms with van der Waals surface area (Å²) in [5.74, 6) is 2.37. The molecule has 1 heterocycles. The molecule has 0 fully saturated rings. The van der Waals surface area contributed by atoms with E-state index in [2.05, 4.69) is 10.2 Å². The van der Waals surface area contributed by atoms with E-state index in [4.69, 9.17) is 9.47 Å². The number of ether oxygens (including phenoxy) is 2. The van der Waals surface area contributed by atoms with Gasteiger partial charge in [0.15, 0.2) is 11.0 Å². The van der Waals surface area contributed by atoms with Crippen LogP contribution < -0.4 is 9.47 Å². The van der Waals surface area contributed by atoms with Crippen molar-refractivity contribution in [2.45, 2.75) is 30.7 Å². The molecule has 146 valence electrons. The molecule has 6 nitrogen and oxygen atoms in total. The number of thioether (sulfide) groups is 1. The van der Waals surface area contributed by atoms with Crippen LogP contribution in [0.25, 0.3) is 17.1 Å². The minimum atomic E-state index is -0.204. The van der Waals surface area contributed by atoms with Crippen LogP contribution in [0.4, 0.5) is 0 Å². The van der Waals surface area contributed by atoms with Gasteiger partial charge in [-0.15, -0.1) is 10.2 Å². The Kier molecular flexibility index (Phi) is 6.36. The van der Waals surface area contributed by atoms with E-state index in [-0.39, 0.29) is 11.0 Å². The number of carbonyl (C=O) groups is 1. The lowest BCUT2D eigenvalue weighted by Crippen LogP contribution is -2.12. The van der Waals surface area contributed by atoms with E-state index in [1.807, 2.05) is 66.9 Å². The number of aromatic nitrogens is 3. The molecule has 0 amide bonds. The SMILES string of the molecule is CCC(=O)C(C)Sc1nnc(-c2cccc(OC)c2)n1-c1ccc(OC)cc1. The van der Waals surface area contributed by atoms with Crippen LogP contribution in [0.3, 0.4) is 0 Å². The fourth-order valence-electron chi connectivity index (χ4n) is 2.77. The highest BCUT2D eigenvalue weighted by Crippen LogP contribution is 2.32. The Morgan fingerprint density at radius 1 is 1.07 bits per heavy atom. The Balaban J connectivity index is 2.10. The third kappa shape index (κ3) is 4.20. The molecule has 7 heteroatoms. The van der Waals surface area contributed by atoms with Crippen molar-refractivity contribution in [3.63, 3.8) is 0 Å². The second-order valence-corrected chi connectivity index (χ2v) is 7.46. The minimum Gasteiger partial charge on any atom is -0.497 e. The summed E-state index contributed by atoms with van der Waals surface area (Å²) in [5.41, 5.74) is 1.77. The van der Waals surface area contributed by atoms with Crippen LogP contribution in [-0.2, 0) is 4.79 Å². The van der Waals surface area contributed by atoms with Gasteiger partial charge in [-0.3, -0.25) is 9.36 Å². The Bertz CT molecular complexity index is 954. The predicted octanol–water partition coefficient (Wildman–Crippen LogP) is 4.41. The van der Waals surface area contributed by atoms with E-state index < -0.39 is 0 Å². The first kappa shape index (κ1) is 19.9. The summed E-state index contributed by atoms with van der Waals surface area (Å²) in [4.78, 5) is 12.1. The average molecular weight is 398 g/mol. The molecular weight excluding hydrogens is 374 g/mol. The molecule has 3 rings (SSSR count). The van der Waals surface area contributed by atoms with E-state index in [0.717, 1.165) is 22.7 Å². The number of ketones is 1. The molecule has 1 atom stereocenters. The van der Waals surface area contributed by atoms with Gasteiger partial charge in [0, 0.05) is 17.7 Å². The second-order valence-electron chi connectivity index (χ2n) is 6.15. The van der Waals surface area contributed by atoms with E-state index >= 15 is 0 Å². The van der Waals surface area contributed by atoms with Crippen LogP contribution in [0.2, 0.25) is 0 Å². The monoisotopic (exact) mass is 397 g/mol. The number of methoxy groups -OCH3 is 2. The Morgan fingerprint density at radius 3 is 2.43 bits per heavy atom. The number of carbonyl (C=O) groups excluding carboxylic acids is 1. The highest BCUT2D eigenvalue weighted by Gasteiger charge is 2.21. The van der Waals surface area contributed by atoms with Crippen molar-refractivity contribution in [2.75, 3.05) is 14.2 Å². The summed E-state index contributed by atoms with van der Waals surface area (Å²) in [6.45, 7) is 3.77. The van der Waals surface area contributed by atoms with Gasteiger partial charge in [0.2, 0.25) is 0 Å². The van der Waals surface area contributed by atoms with Gasteiger partial charge >= 0.3 is 0 Å². The first-order valence-corrected chi connectivity index (χ1v) is 9.89. The topological polar surface area (TPSA) is 66.2 Å². The Labute approximate surface area is 168 Å². The summed E-state index contributed by atoms with van der Waals surface area (Å²) in [7, 11) is 3.27. The van der Waals surface area contributed by atoms with Crippen molar-refractivity contribution in [1.82, 2.24) is 14.8 Å². The zero-order valence-corrected chi connectivity index (χ0v) is 17.2. The number of benzene rings is 2. The van der Waals surface area contributed by atoms with Gasteiger partial charge < -0.3 is 9.47 Å². The van der Waals surface area contributed by atoms with Crippen molar-refractivity contribution >= 4 is 17.5 Å². The molecule has 0 radical (unpaired) electrons. The first-order chi connectivity index (χ1) is 13.6. The first-order valence-electron chi connectivity index (χ1n) is 9.01. The van der Waals surface area contributed by atoms with Crippen molar-refractivity contribution < 1.29 is 14.3 Å². The van der Waals surface area contributed by atoms with E-state index in [9.17, 15) is 4.79 Å². The highest BCUT2D eigenvalue weighted by molar-refractivity contribution is 8.00. The molecule has 28 heavy (non-hydrogen) atoms. The van der Waals surface area contributed by atoms with Gasteiger partial charge in [0.1, 0.15) is 17.3 Å². The van der Waals surface area contributed by atoms with E-state index in [1.54, 1.807) is 14.2 Å². The number of nitrogens with zero attached hydrogens (tertiary/aromatic N) is 3. The van der Waals surface area contributed by atoms with Gasteiger partial charge in [0.05, 0.1) is 19.5 Å². The number of rotatable bonds is 8. The van der Waals surface area contributed by atoms with Gasteiger partial charge in [-0.05, 0) is 43.3 Å². The lowest BCUT2D eigenvalue weighted by Gasteiger charge is -2.13. The van der Waals surface area contributed by atoms with Crippen molar-refractivity contribution in [2.24, 2.45) is 0 Å². The lowest BCUT2D eigenvalue weighted by molar-refractivity contribution is -0.118. The molecule has 0 aliphatic rings. The molecule has 0 bridgehead atoms. The minimum absolute atomic E-state index is 0.178. The standard InChI is InChI=1S/C21H23N3O3S/c1-5-19(25)14(2)28-21-23-22-20(15-7-6-8-18(13-15)27-4)24(21)16-9-11-17(26-3)12-10-16/h6-14H,5H2,1-4H3. The van der Waals surface area contributed by atoms with Crippen LogP contribution >= 0.6 is 11.8 Å². The maximum absolute atomic E-state index is 12.1. The van der Waals surface area contributed by atoms with Crippen LogP contribution in [-0.4, -0.2) is 40.0 Å². The van der Waals surface area contributed by atoms with E-state index in [0.29, 0.717) is 17.4 Å². The van der Waals surface area contributed by atoms with Gasteiger partial charge in [-0.25, -0.2) is 0 Å². The van der Waals surface area contributed by atoms with Crippen molar-refractivity contribution in [3.8, 4) is 28.6 Å². The smallest absolute Gasteiger partial charge is 0.196 e. The average Bonchev–Trinajstić information content (AvgIpc) is 3.16. The van der Waals surface area contributed by atoms with Crippen LogP contribution in [0, 0.1) is 0 Å². The molecule has 0 aliphatic carbocycles. The summed E-state index contributed by atoms with van der Waals surface area (Å²) >= 11 is 1.41. The normalized spacial score (nSPS) is 11.9. The largest absolute Gasteiger partial charge is 0.497 e. The van der Waals surface area contributed by atoms with Crippen molar-refractivity contribution in [3.05, 3.63) is 48.5 Å². The Morgan fingerprint density at radius 2 is 1.79 bits per heavy atom. The third-order valence-corrected chi connectivity index (χ3v) is 5.47.